The molecule has 0 amide bonds. The molecule has 212 valence electrons. The third-order valence-electron chi connectivity index (χ3n) is 6.55. The van der Waals surface area contributed by atoms with E-state index in [9.17, 15) is 14.4 Å². The number of ether oxygens (including phenoxy) is 4. The molecule has 2 aromatic carbocycles. The maximum absolute atomic E-state index is 12.3. The predicted molar refractivity (Wildman–Crippen MR) is 151 cm³/mol. The molecule has 1 aliphatic heterocycles. The summed E-state index contributed by atoms with van der Waals surface area (Å²) >= 11 is 0. The van der Waals surface area contributed by atoms with Crippen LogP contribution in [0.1, 0.15) is 20.8 Å². The van der Waals surface area contributed by atoms with Gasteiger partial charge in [0.25, 0.3) is 0 Å². The van der Waals surface area contributed by atoms with Crippen molar-refractivity contribution in [3.63, 3.8) is 0 Å². The lowest BCUT2D eigenvalue weighted by Gasteiger charge is -2.45. The third kappa shape index (κ3) is 6.69. The number of rotatable bonds is 8. The van der Waals surface area contributed by atoms with Gasteiger partial charge < -0.3 is 29.6 Å². The summed E-state index contributed by atoms with van der Waals surface area (Å²) in [6.07, 6.45) is -4.02. The highest BCUT2D eigenvalue weighted by Gasteiger charge is 2.50. The lowest BCUT2D eigenvalue weighted by atomic mass is 9.95. The van der Waals surface area contributed by atoms with Crippen molar-refractivity contribution in [2.24, 2.45) is 0 Å². The van der Waals surface area contributed by atoms with Crippen LogP contribution in [-0.4, -0.2) is 65.1 Å². The van der Waals surface area contributed by atoms with Gasteiger partial charge in [0.15, 0.2) is 18.4 Å². The quantitative estimate of drug-likeness (QED) is 0.241. The highest BCUT2D eigenvalue weighted by Crippen LogP contribution is 2.30. The van der Waals surface area contributed by atoms with Gasteiger partial charge in [0, 0.05) is 31.5 Å². The molecule has 11 heteroatoms. The normalized spacial score (nSPS) is 22.1. The summed E-state index contributed by atoms with van der Waals surface area (Å²) < 4.78 is 23.0. The Hall–Kier alpha value is -4.77. The van der Waals surface area contributed by atoms with Gasteiger partial charge in [0.05, 0.1) is 11.0 Å². The SMILES string of the molecule is CC(=O)OC[C@H]1O[C@H](Nc2ccc3ccccc3n2)[C@H](Nc2ccc3ccccc3n2)[C@@H](OC(C)=O)[C@@H]1OC(C)=O. The number of fused-ring (bicyclic) bond motifs is 2. The van der Waals surface area contributed by atoms with Gasteiger partial charge in [-0.15, -0.1) is 0 Å². The molecule has 5 rings (SSSR count). The molecule has 1 aliphatic rings. The minimum atomic E-state index is -1.10. The smallest absolute Gasteiger partial charge is 0.303 e. The zero-order valence-corrected chi connectivity index (χ0v) is 22.8. The number of aromatic nitrogens is 2. The Morgan fingerprint density at radius 2 is 1.24 bits per heavy atom. The molecular formula is C30H30N4O7. The molecule has 0 unspecified atom stereocenters. The van der Waals surface area contributed by atoms with E-state index < -0.39 is 48.5 Å². The van der Waals surface area contributed by atoms with Gasteiger partial charge in [-0.3, -0.25) is 14.4 Å². The van der Waals surface area contributed by atoms with Crippen LogP contribution in [0.5, 0.6) is 0 Å². The molecule has 3 heterocycles. The molecule has 1 saturated heterocycles. The maximum atomic E-state index is 12.3. The van der Waals surface area contributed by atoms with E-state index in [1.165, 1.54) is 20.8 Å². The molecule has 0 bridgehead atoms. The summed E-state index contributed by atoms with van der Waals surface area (Å²) in [5.41, 5.74) is 1.52. The molecule has 0 aliphatic carbocycles. The second-order valence-electron chi connectivity index (χ2n) is 9.64. The van der Waals surface area contributed by atoms with Gasteiger partial charge in [-0.2, -0.15) is 0 Å². The number of para-hydroxylation sites is 2. The Bertz CT molecular complexity index is 1580. The van der Waals surface area contributed by atoms with Crippen molar-refractivity contribution in [3.05, 3.63) is 72.8 Å². The number of carbonyl (C=O) groups excluding carboxylic acids is 3. The first-order chi connectivity index (χ1) is 19.8. The van der Waals surface area contributed by atoms with Crippen LogP contribution in [0, 0.1) is 0 Å². The summed E-state index contributed by atoms with van der Waals surface area (Å²) in [7, 11) is 0. The Kier molecular flexibility index (Phi) is 8.25. The van der Waals surface area contributed by atoms with Crippen LogP contribution < -0.4 is 10.6 Å². The minimum absolute atomic E-state index is 0.241. The largest absolute Gasteiger partial charge is 0.463 e. The van der Waals surface area contributed by atoms with Crippen LogP contribution in [0.4, 0.5) is 11.6 Å². The number of pyridine rings is 2. The monoisotopic (exact) mass is 558 g/mol. The zero-order valence-electron chi connectivity index (χ0n) is 22.8. The van der Waals surface area contributed by atoms with Crippen LogP contribution in [0.2, 0.25) is 0 Å². The Labute approximate surface area is 236 Å². The molecule has 0 spiro atoms. The highest BCUT2D eigenvalue weighted by atomic mass is 16.6. The second kappa shape index (κ2) is 12.2. The van der Waals surface area contributed by atoms with Crippen LogP contribution in [-0.2, 0) is 33.3 Å². The first-order valence-corrected chi connectivity index (χ1v) is 13.1. The van der Waals surface area contributed by atoms with Crippen molar-refractivity contribution >= 4 is 51.3 Å². The lowest BCUT2D eigenvalue weighted by molar-refractivity contribution is -0.214. The molecule has 2 aromatic heterocycles. The molecule has 4 aromatic rings. The maximum Gasteiger partial charge on any atom is 0.303 e. The fraction of sp³-hybridized carbons (Fsp3) is 0.300. The van der Waals surface area contributed by atoms with E-state index in [0.29, 0.717) is 11.6 Å². The lowest BCUT2D eigenvalue weighted by Crippen LogP contribution is -2.65. The number of hydrogen-bond donors (Lipinski definition) is 2. The minimum Gasteiger partial charge on any atom is -0.463 e. The van der Waals surface area contributed by atoms with E-state index in [0.717, 1.165) is 21.8 Å². The van der Waals surface area contributed by atoms with E-state index in [4.69, 9.17) is 28.9 Å². The average molecular weight is 559 g/mol. The molecule has 11 nitrogen and oxygen atoms in total. The van der Waals surface area contributed by atoms with Crippen LogP contribution in [0.3, 0.4) is 0 Å². The number of anilines is 2. The van der Waals surface area contributed by atoms with Crippen molar-refractivity contribution in [1.29, 1.82) is 0 Å². The molecule has 41 heavy (non-hydrogen) atoms. The topological polar surface area (TPSA) is 138 Å². The van der Waals surface area contributed by atoms with Crippen LogP contribution in [0.25, 0.3) is 21.8 Å². The van der Waals surface area contributed by atoms with Crippen molar-refractivity contribution in [1.82, 2.24) is 9.97 Å². The predicted octanol–water partition coefficient (Wildman–Crippen LogP) is 3.83. The summed E-state index contributed by atoms with van der Waals surface area (Å²) in [5, 5.41) is 8.51. The second-order valence-corrected chi connectivity index (χ2v) is 9.64. The van der Waals surface area contributed by atoms with Gasteiger partial charge in [-0.1, -0.05) is 36.4 Å². The molecule has 2 N–H and O–H groups in total. The van der Waals surface area contributed by atoms with E-state index in [-0.39, 0.29) is 6.61 Å². The summed E-state index contributed by atoms with van der Waals surface area (Å²) in [5.74, 6) is -0.783. The first kappa shape index (κ1) is 27.8. The molecular weight excluding hydrogens is 528 g/mol. The number of carbonyl (C=O) groups is 3. The van der Waals surface area contributed by atoms with Crippen molar-refractivity contribution in [2.75, 3.05) is 17.2 Å². The van der Waals surface area contributed by atoms with E-state index in [1.54, 1.807) is 12.1 Å². The number of hydrogen-bond acceptors (Lipinski definition) is 11. The highest BCUT2D eigenvalue weighted by molar-refractivity contribution is 5.81. The van der Waals surface area contributed by atoms with Crippen molar-refractivity contribution < 1.29 is 33.3 Å². The summed E-state index contributed by atoms with van der Waals surface area (Å²) in [4.78, 5) is 45.5. The standard InChI is InChI=1S/C30H30N4O7/c1-17(35)38-16-24-28(39-18(2)36)29(40-19(3)37)27(33-25-14-12-20-8-4-6-10-22(20)31-25)30(41-24)34-26-15-13-21-9-5-7-11-23(21)32-26/h4-15,24,27-30H,16H2,1-3H3,(H,31,33)(H,32,34)/t24-,27-,28-,29-,30+/m1/s1. The Morgan fingerprint density at radius 1 is 0.707 bits per heavy atom. The van der Waals surface area contributed by atoms with E-state index in [2.05, 4.69) is 10.6 Å². The van der Waals surface area contributed by atoms with Gasteiger partial charge in [-0.05, 0) is 36.4 Å². The van der Waals surface area contributed by atoms with E-state index >= 15 is 0 Å². The first-order valence-electron chi connectivity index (χ1n) is 13.1. The van der Waals surface area contributed by atoms with Gasteiger partial charge in [-0.25, -0.2) is 9.97 Å². The van der Waals surface area contributed by atoms with Crippen LogP contribution >= 0.6 is 0 Å². The Morgan fingerprint density at radius 3 is 1.80 bits per heavy atom. The molecule has 5 atom stereocenters. The fourth-order valence-electron chi connectivity index (χ4n) is 4.83. The molecule has 0 radical (unpaired) electrons. The van der Waals surface area contributed by atoms with Gasteiger partial charge >= 0.3 is 17.9 Å². The number of benzene rings is 2. The van der Waals surface area contributed by atoms with Crippen LogP contribution in [0.15, 0.2) is 72.8 Å². The van der Waals surface area contributed by atoms with Crippen molar-refractivity contribution in [3.8, 4) is 0 Å². The molecule has 0 saturated carbocycles. The third-order valence-corrected chi connectivity index (χ3v) is 6.55. The summed E-state index contributed by atoms with van der Waals surface area (Å²) in [6, 6.07) is 21.9. The van der Waals surface area contributed by atoms with Gasteiger partial charge in [0.1, 0.15) is 30.4 Å². The Balaban J connectivity index is 1.55. The zero-order chi connectivity index (χ0) is 28.9. The van der Waals surface area contributed by atoms with E-state index in [1.807, 2.05) is 60.7 Å². The number of esters is 3. The average Bonchev–Trinajstić information content (AvgIpc) is 2.94. The molecule has 1 fully saturated rings. The van der Waals surface area contributed by atoms with Crippen molar-refractivity contribution in [2.45, 2.75) is 51.4 Å². The summed E-state index contributed by atoms with van der Waals surface area (Å²) in [6.45, 7) is 3.53. The van der Waals surface area contributed by atoms with Gasteiger partial charge in [0.2, 0.25) is 0 Å². The number of nitrogens with zero attached hydrogens (tertiary/aromatic N) is 2. The number of nitrogens with one attached hydrogen (secondary N) is 2. The fourth-order valence-corrected chi connectivity index (χ4v) is 4.83.